The Balaban J connectivity index is 1.64. The molecule has 0 fully saturated rings. The summed E-state index contributed by atoms with van der Waals surface area (Å²) >= 11 is 6.49. The number of hydrogen-bond acceptors (Lipinski definition) is 3. The molecule has 0 atom stereocenters. The minimum Gasteiger partial charge on any atom is -0.493 e. The molecule has 3 rings (SSSR count). The highest BCUT2D eigenvalue weighted by Gasteiger charge is 2.11. The third kappa shape index (κ3) is 5.51. The number of rotatable bonds is 8. The van der Waals surface area contributed by atoms with Crippen LogP contribution in [0.1, 0.15) is 27.8 Å². The summed E-state index contributed by atoms with van der Waals surface area (Å²) in [5, 5.41) is 4.10. The predicted octanol–water partition coefficient (Wildman–Crippen LogP) is 5.83. The van der Waals surface area contributed by atoms with Gasteiger partial charge in [-0.25, -0.2) is 0 Å². The van der Waals surface area contributed by atoms with Crippen LogP contribution in [0.5, 0.6) is 11.5 Å². The highest BCUT2D eigenvalue weighted by Crippen LogP contribution is 2.34. The van der Waals surface area contributed by atoms with Crippen molar-refractivity contribution in [1.82, 2.24) is 5.32 Å². The Bertz CT molecular complexity index is 922. The summed E-state index contributed by atoms with van der Waals surface area (Å²) < 4.78 is 11.5. The van der Waals surface area contributed by atoms with Crippen LogP contribution in [0.3, 0.4) is 0 Å². The molecule has 3 nitrogen and oxygen atoms in total. The van der Waals surface area contributed by atoms with E-state index in [1.807, 2.05) is 24.3 Å². The first-order chi connectivity index (χ1) is 13.5. The highest BCUT2D eigenvalue weighted by atomic mass is 35.5. The van der Waals surface area contributed by atoms with Crippen LogP contribution in [0.15, 0.2) is 60.7 Å². The van der Waals surface area contributed by atoms with E-state index < -0.39 is 0 Å². The van der Waals surface area contributed by atoms with Crippen LogP contribution < -0.4 is 14.8 Å². The summed E-state index contributed by atoms with van der Waals surface area (Å²) in [6.07, 6.45) is 0. The molecule has 1 N–H and O–H groups in total. The van der Waals surface area contributed by atoms with E-state index in [1.54, 1.807) is 7.11 Å². The molecule has 0 aliphatic carbocycles. The Morgan fingerprint density at radius 1 is 0.821 bits per heavy atom. The third-order valence-corrected chi connectivity index (χ3v) is 4.93. The number of ether oxygens (including phenoxy) is 2. The molecule has 0 unspecified atom stereocenters. The van der Waals surface area contributed by atoms with Crippen molar-refractivity contribution in [2.75, 3.05) is 7.11 Å². The molecular weight excluding hydrogens is 370 g/mol. The number of aryl methyl sites for hydroxylation is 2. The molecule has 0 aromatic heterocycles. The van der Waals surface area contributed by atoms with Gasteiger partial charge in [0.15, 0.2) is 11.5 Å². The van der Waals surface area contributed by atoms with Crippen molar-refractivity contribution in [2.24, 2.45) is 0 Å². The molecule has 0 saturated heterocycles. The van der Waals surface area contributed by atoms with Gasteiger partial charge in [-0.1, -0.05) is 71.3 Å². The molecule has 28 heavy (non-hydrogen) atoms. The lowest BCUT2D eigenvalue weighted by Crippen LogP contribution is -2.13. The zero-order valence-electron chi connectivity index (χ0n) is 16.6. The van der Waals surface area contributed by atoms with E-state index in [1.165, 1.54) is 16.7 Å². The van der Waals surface area contributed by atoms with Crippen molar-refractivity contribution in [3.63, 3.8) is 0 Å². The number of benzene rings is 3. The Labute approximate surface area is 172 Å². The summed E-state index contributed by atoms with van der Waals surface area (Å²) in [6, 6.07) is 20.5. The van der Waals surface area contributed by atoms with Crippen molar-refractivity contribution in [1.29, 1.82) is 0 Å². The molecule has 0 aliphatic heterocycles. The Morgan fingerprint density at radius 2 is 1.61 bits per heavy atom. The van der Waals surface area contributed by atoms with Crippen molar-refractivity contribution in [3.05, 3.63) is 93.5 Å². The fourth-order valence-electron chi connectivity index (χ4n) is 3.00. The Kier molecular flexibility index (Phi) is 6.96. The second kappa shape index (κ2) is 9.63. The van der Waals surface area contributed by atoms with E-state index in [0.717, 1.165) is 17.7 Å². The molecule has 0 bridgehead atoms. The van der Waals surface area contributed by atoms with Crippen LogP contribution in [0, 0.1) is 13.8 Å². The lowest BCUT2D eigenvalue weighted by atomic mass is 10.1. The van der Waals surface area contributed by atoms with E-state index in [2.05, 4.69) is 55.6 Å². The van der Waals surface area contributed by atoms with Gasteiger partial charge in [-0.3, -0.25) is 0 Å². The van der Waals surface area contributed by atoms with Crippen LogP contribution in [0.25, 0.3) is 0 Å². The standard InChI is InChI=1S/C24H26ClNO2/c1-17-7-9-19(10-8-17)14-26-15-21-12-23(27-3)24(13-22(21)25)28-16-20-6-4-5-18(2)11-20/h4-13,26H,14-16H2,1-3H3. The molecule has 0 aliphatic rings. The minimum atomic E-state index is 0.472. The van der Waals surface area contributed by atoms with Gasteiger partial charge in [0.2, 0.25) is 0 Å². The molecule has 146 valence electrons. The molecule has 0 spiro atoms. The maximum atomic E-state index is 6.49. The smallest absolute Gasteiger partial charge is 0.163 e. The first-order valence-corrected chi connectivity index (χ1v) is 9.74. The average Bonchev–Trinajstić information content (AvgIpc) is 2.69. The van der Waals surface area contributed by atoms with Gasteiger partial charge in [-0.05, 0) is 36.6 Å². The second-order valence-electron chi connectivity index (χ2n) is 6.96. The number of methoxy groups -OCH3 is 1. The lowest BCUT2D eigenvalue weighted by molar-refractivity contribution is 0.284. The van der Waals surface area contributed by atoms with Gasteiger partial charge in [0.25, 0.3) is 0 Å². The molecule has 3 aromatic carbocycles. The van der Waals surface area contributed by atoms with Crippen molar-refractivity contribution >= 4 is 11.6 Å². The number of halogens is 1. The fourth-order valence-corrected chi connectivity index (χ4v) is 3.22. The summed E-state index contributed by atoms with van der Waals surface area (Å²) in [6.45, 7) is 6.07. The third-order valence-electron chi connectivity index (χ3n) is 4.57. The summed E-state index contributed by atoms with van der Waals surface area (Å²) in [5.74, 6) is 1.33. The van der Waals surface area contributed by atoms with Crippen molar-refractivity contribution in [2.45, 2.75) is 33.5 Å². The van der Waals surface area contributed by atoms with E-state index in [4.69, 9.17) is 21.1 Å². The number of hydrogen-bond donors (Lipinski definition) is 1. The maximum Gasteiger partial charge on any atom is 0.163 e. The molecule has 3 aromatic rings. The topological polar surface area (TPSA) is 30.5 Å². The van der Waals surface area contributed by atoms with Gasteiger partial charge >= 0.3 is 0 Å². The summed E-state index contributed by atoms with van der Waals surface area (Å²) in [7, 11) is 1.65. The maximum absolute atomic E-state index is 6.49. The molecule has 0 amide bonds. The summed E-state index contributed by atoms with van der Waals surface area (Å²) in [4.78, 5) is 0. The van der Waals surface area contributed by atoms with Gasteiger partial charge in [-0.2, -0.15) is 0 Å². The zero-order chi connectivity index (χ0) is 19.9. The molecule has 4 heteroatoms. The first-order valence-electron chi connectivity index (χ1n) is 9.36. The summed E-state index contributed by atoms with van der Waals surface area (Å²) in [5.41, 5.74) is 5.81. The van der Waals surface area contributed by atoms with Gasteiger partial charge in [-0.15, -0.1) is 0 Å². The SMILES string of the molecule is COc1cc(CNCc2ccc(C)cc2)c(Cl)cc1OCc1cccc(C)c1. The number of nitrogens with one attached hydrogen (secondary N) is 1. The van der Waals surface area contributed by atoms with E-state index in [9.17, 15) is 0 Å². The van der Waals surface area contributed by atoms with Crippen molar-refractivity contribution in [3.8, 4) is 11.5 Å². The van der Waals surface area contributed by atoms with Crippen LogP contribution in [-0.2, 0) is 19.7 Å². The van der Waals surface area contributed by atoms with E-state index in [0.29, 0.717) is 29.7 Å². The molecule has 0 radical (unpaired) electrons. The van der Waals surface area contributed by atoms with Crippen LogP contribution in [0.4, 0.5) is 0 Å². The average molecular weight is 396 g/mol. The Hall–Kier alpha value is -2.49. The van der Waals surface area contributed by atoms with Crippen LogP contribution in [0.2, 0.25) is 5.02 Å². The molecule has 0 heterocycles. The lowest BCUT2D eigenvalue weighted by Gasteiger charge is -2.15. The van der Waals surface area contributed by atoms with E-state index in [-0.39, 0.29) is 0 Å². The van der Waals surface area contributed by atoms with E-state index >= 15 is 0 Å². The monoisotopic (exact) mass is 395 g/mol. The minimum absolute atomic E-state index is 0.472. The quantitative estimate of drug-likeness (QED) is 0.520. The largest absolute Gasteiger partial charge is 0.493 e. The predicted molar refractivity (Wildman–Crippen MR) is 115 cm³/mol. The van der Waals surface area contributed by atoms with Crippen molar-refractivity contribution < 1.29 is 9.47 Å². The first kappa shape index (κ1) is 20.2. The van der Waals surface area contributed by atoms with Crippen LogP contribution >= 0.6 is 11.6 Å². The van der Waals surface area contributed by atoms with Gasteiger partial charge in [0.1, 0.15) is 6.61 Å². The second-order valence-corrected chi connectivity index (χ2v) is 7.37. The zero-order valence-corrected chi connectivity index (χ0v) is 17.3. The Morgan fingerprint density at radius 3 is 2.32 bits per heavy atom. The highest BCUT2D eigenvalue weighted by molar-refractivity contribution is 6.31. The fraction of sp³-hybridized carbons (Fsp3) is 0.250. The molecular formula is C24H26ClNO2. The molecule has 0 saturated carbocycles. The van der Waals surface area contributed by atoms with Gasteiger partial charge in [0, 0.05) is 24.2 Å². The normalized spacial score (nSPS) is 10.7. The van der Waals surface area contributed by atoms with Gasteiger partial charge in [0.05, 0.1) is 7.11 Å². The van der Waals surface area contributed by atoms with Crippen LogP contribution in [-0.4, -0.2) is 7.11 Å². The van der Waals surface area contributed by atoms with Gasteiger partial charge < -0.3 is 14.8 Å².